The fourth-order valence-electron chi connectivity index (χ4n) is 4.27. The van der Waals surface area contributed by atoms with E-state index in [1.165, 1.54) is 0 Å². The maximum absolute atomic E-state index is 12.6. The molecular weight excluding hydrogens is 348 g/mol. The van der Waals surface area contributed by atoms with E-state index < -0.39 is 17.2 Å². The van der Waals surface area contributed by atoms with E-state index >= 15 is 0 Å². The number of nitrogens with one attached hydrogen (secondary N) is 2. The molecule has 27 heavy (non-hydrogen) atoms. The number of aromatic amines is 1. The summed E-state index contributed by atoms with van der Waals surface area (Å²) in [5, 5.41) is 20.8. The molecule has 3 aliphatic rings. The van der Waals surface area contributed by atoms with Crippen LogP contribution in [-0.2, 0) is 9.53 Å². The fourth-order valence-corrected chi connectivity index (χ4v) is 4.27. The van der Waals surface area contributed by atoms with Gasteiger partial charge in [-0.1, -0.05) is 6.92 Å². The molecule has 1 spiro atoms. The minimum Gasteiger partial charge on any atom is -0.388 e. The molecule has 1 aliphatic carbocycles. The van der Waals surface area contributed by atoms with Gasteiger partial charge in [0.2, 0.25) is 5.91 Å². The first-order valence-corrected chi connectivity index (χ1v) is 9.71. The minimum atomic E-state index is -0.811. The Labute approximate surface area is 158 Å². The molecule has 0 unspecified atom stereocenters. The van der Waals surface area contributed by atoms with Crippen LogP contribution in [0.4, 0.5) is 0 Å². The number of nitrogens with zero attached hydrogens (tertiary/aromatic N) is 2. The third-order valence-electron chi connectivity index (χ3n) is 6.69. The Hall–Kier alpha value is -1.93. The van der Waals surface area contributed by atoms with Crippen LogP contribution in [0.25, 0.3) is 0 Å². The number of ether oxygens (including phenoxy) is 1. The Morgan fingerprint density at radius 1 is 1.26 bits per heavy atom. The van der Waals surface area contributed by atoms with Gasteiger partial charge in [-0.3, -0.25) is 14.7 Å². The molecule has 0 radical (unpaired) electrons. The molecule has 2 aliphatic heterocycles. The zero-order valence-corrected chi connectivity index (χ0v) is 16.0. The lowest BCUT2D eigenvalue weighted by Crippen LogP contribution is -2.69. The van der Waals surface area contributed by atoms with Crippen LogP contribution in [0.3, 0.4) is 0 Å². The van der Waals surface area contributed by atoms with Gasteiger partial charge in [0, 0.05) is 31.3 Å². The Morgan fingerprint density at radius 2 is 1.96 bits per heavy atom. The summed E-state index contributed by atoms with van der Waals surface area (Å²) in [6, 6.07) is 1.66. The summed E-state index contributed by atoms with van der Waals surface area (Å²) in [5.41, 5.74) is -1.26. The first kappa shape index (κ1) is 18.4. The van der Waals surface area contributed by atoms with Crippen molar-refractivity contribution in [2.24, 2.45) is 5.41 Å². The number of likely N-dealkylation sites (tertiary alicyclic amines) is 1. The minimum absolute atomic E-state index is 0.0213. The molecule has 3 fully saturated rings. The Morgan fingerprint density at radius 3 is 2.56 bits per heavy atom. The van der Waals surface area contributed by atoms with Crippen molar-refractivity contribution in [3.8, 4) is 0 Å². The van der Waals surface area contributed by atoms with Crippen LogP contribution in [0, 0.1) is 5.41 Å². The molecule has 2 atom stereocenters. The number of carbonyl (C=O) groups is 2. The van der Waals surface area contributed by atoms with Gasteiger partial charge >= 0.3 is 0 Å². The highest BCUT2D eigenvalue weighted by molar-refractivity contribution is 5.92. The van der Waals surface area contributed by atoms with Crippen molar-refractivity contribution in [3.05, 3.63) is 18.0 Å². The van der Waals surface area contributed by atoms with Gasteiger partial charge in [-0.05, 0) is 45.1 Å². The second kappa shape index (κ2) is 6.31. The van der Waals surface area contributed by atoms with E-state index in [1.54, 1.807) is 17.2 Å². The number of aromatic nitrogens is 2. The van der Waals surface area contributed by atoms with Gasteiger partial charge < -0.3 is 20.1 Å². The van der Waals surface area contributed by atoms with Crippen molar-refractivity contribution in [1.29, 1.82) is 0 Å². The summed E-state index contributed by atoms with van der Waals surface area (Å²) in [6.45, 7) is 5.35. The molecule has 1 saturated carbocycles. The maximum atomic E-state index is 12.6. The molecule has 1 aromatic rings. The topological polar surface area (TPSA) is 108 Å². The number of hydrogen-bond acceptors (Lipinski definition) is 5. The highest BCUT2D eigenvalue weighted by Crippen LogP contribution is 2.46. The highest BCUT2D eigenvalue weighted by Gasteiger charge is 2.56. The van der Waals surface area contributed by atoms with Gasteiger partial charge in [-0.2, -0.15) is 5.10 Å². The highest BCUT2D eigenvalue weighted by atomic mass is 16.5. The van der Waals surface area contributed by atoms with Crippen molar-refractivity contribution >= 4 is 11.8 Å². The van der Waals surface area contributed by atoms with Crippen LogP contribution in [0.2, 0.25) is 0 Å². The standard InChI is InChI=1S/C19H28N4O4/c1-17(4-5-17)16(26)21-18(2)8-12-27-19(15(18)25)6-10-23(11-7-19)14(24)13-3-9-20-22-13/h3,9,15,25H,4-8,10-12H2,1-2H3,(H,20,22)(H,21,26)/t15-,18+/m0/s1. The molecule has 1 aromatic heterocycles. The summed E-state index contributed by atoms with van der Waals surface area (Å²) >= 11 is 0. The second-order valence-electron chi connectivity index (χ2n) is 8.76. The van der Waals surface area contributed by atoms with Gasteiger partial charge in [-0.15, -0.1) is 0 Å². The summed E-state index contributed by atoms with van der Waals surface area (Å²) in [5.74, 6) is -0.0710. The third-order valence-corrected chi connectivity index (χ3v) is 6.69. The van der Waals surface area contributed by atoms with E-state index in [-0.39, 0.29) is 17.2 Å². The van der Waals surface area contributed by atoms with Crippen molar-refractivity contribution in [3.63, 3.8) is 0 Å². The largest absolute Gasteiger partial charge is 0.388 e. The Bertz CT molecular complexity index is 722. The van der Waals surface area contributed by atoms with E-state index in [4.69, 9.17) is 4.74 Å². The summed E-state index contributed by atoms with van der Waals surface area (Å²) < 4.78 is 6.06. The zero-order chi connectivity index (χ0) is 19.3. The van der Waals surface area contributed by atoms with Gasteiger partial charge in [0.25, 0.3) is 5.91 Å². The first-order chi connectivity index (χ1) is 12.8. The van der Waals surface area contributed by atoms with E-state index in [1.807, 2.05) is 13.8 Å². The van der Waals surface area contributed by atoms with Crippen LogP contribution in [0.15, 0.2) is 12.3 Å². The molecule has 8 nitrogen and oxygen atoms in total. The summed E-state index contributed by atoms with van der Waals surface area (Å²) in [4.78, 5) is 26.8. The number of amides is 2. The van der Waals surface area contributed by atoms with Crippen molar-refractivity contribution in [2.45, 2.75) is 63.2 Å². The van der Waals surface area contributed by atoms with Gasteiger partial charge in [0.15, 0.2) is 0 Å². The normalized spacial score (nSPS) is 31.5. The lowest BCUT2D eigenvalue weighted by atomic mass is 9.73. The monoisotopic (exact) mass is 376 g/mol. The van der Waals surface area contributed by atoms with Crippen LogP contribution < -0.4 is 5.32 Å². The van der Waals surface area contributed by atoms with Gasteiger partial charge in [0.05, 0.1) is 11.1 Å². The number of rotatable bonds is 3. The van der Waals surface area contributed by atoms with Crippen LogP contribution >= 0.6 is 0 Å². The Kier molecular flexibility index (Phi) is 4.31. The molecule has 0 aromatic carbocycles. The molecule has 148 valence electrons. The lowest BCUT2D eigenvalue weighted by Gasteiger charge is -2.53. The lowest BCUT2D eigenvalue weighted by molar-refractivity contribution is -0.206. The van der Waals surface area contributed by atoms with E-state index in [2.05, 4.69) is 15.5 Å². The Balaban J connectivity index is 1.44. The molecule has 2 amide bonds. The molecule has 0 bridgehead atoms. The number of carbonyl (C=O) groups excluding carboxylic acids is 2. The zero-order valence-electron chi connectivity index (χ0n) is 16.0. The summed E-state index contributed by atoms with van der Waals surface area (Å²) in [6.07, 6.45) is 4.20. The SMILES string of the molecule is CC1(C(=O)N[C@]2(C)CCOC3(CCN(C(=O)c4ccn[nH]4)CC3)[C@H]2O)CC1. The summed E-state index contributed by atoms with van der Waals surface area (Å²) in [7, 11) is 0. The molecule has 3 N–H and O–H groups in total. The average Bonchev–Trinajstić information content (AvgIpc) is 3.19. The second-order valence-corrected chi connectivity index (χ2v) is 8.76. The molecule has 4 rings (SSSR count). The van der Waals surface area contributed by atoms with Crippen molar-refractivity contribution in [1.82, 2.24) is 20.4 Å². The predicted molar refractivity (Wildman–Crippen MR) is 96.9 cm³/mol. The van der Waals surface area contributed by atoms with Crippen molar-refractivity contribution in [2.75, 3.05) is 19.7 Å². The van der Waals surface area contributed by atoms with E-state index in [0.29, 0.717) is 44.7 Å². The van der Waals surface area contributed by atoms with Crippen LogP contribution in [0.1, 0.15) is 56.4 Å². The third kappa shape index (κ3) is 3.14. The van der Waals surface area contributed by atoms with Gasteiger partial charge in [-0.25, -0.2) is 0 Å². The maximum Gasteiger partial charge on any atom is 0.271 e. The molecular formula is C19H28N4O4. The first-order valence-electron chi connectivity index (χ1n) is 9.71. The van der Waals surface area contributed by atoms with E-state index in [0.717, 1.165) is 12.8 Å². The van der Waals surface area contributed by atoms with Crippen LogP contribution in [0.5, 0.6) is 0 Å². The molecule has 8 heteroatoms. The van der Waals surface area contributed by atoms with Gasteiger partial charge in [0.1, 0.15) is 11.8 Å². The molecule has 2 saturated heterocycles. The van der Waals surface area contributed by atoms with E-state index in [9.17, 15) is 14.7 Å². The smallest absolute Gasteiger partial charge is 0.271 e. The number of aliphatic hydroxyl groups excluding tert-OH is 1. The van der Waals surface area contributed by atoms with Crippen molar-refractivity contribution < 1.29 is 19.4 Å². The number of hydrogen-bond donors (Lipinski definition) is 3. The fraction of sp³-hybridized carbons (Fsp3) is 0.737. The molecule has 3 heterocycles. The average molecular weight is 376 g/mol. The quantitative estimate of drug-likeness (QED) is 0.725. The van der Waals surface area contributed by atoms with Crippen LogP contribution in [-0.4, -0.2) is 69.0 Å². The number of aliphatic hydroxyl groups is 1. The predicted octanol–water partition coefficient (Wildman–Crippen LogP) is 0.841. The number of H-pyrrole nitrogens is 1. The number of piperidine rings is 1.